The van der Waals surface area contributed by atoms with E-state index in [4.69, 9.17) is 0 Å². The lowest BCUT2D eigenvalue weighted by Crippen LogP contribution is -2.30. The number of rotatable bonds is 7. The first-order valence-corrected chi connectivity index (χ1v) is 7.63. The lowest BCUT2D eigenvalue weighted by atomic mass is 10.2. The molecule has 4 heteroatoms. The summed E-state index contributed by atoms with van der Waals surface area (Å²) in [4.78, 5) is 1.18. The van der Waals surface area contributed by atoms with Gasteiger partial charge < -0.3 is 10.4 Å². The minimum absolute atomic E-state index is 0.300. The summed E-state index contributed by atoms with van der Waals surface area (Å²) < 4.78 is 1.09. The molecule has 1 unspecified atom stereocenters. The molecule has 96 valence electrons. The van der Waals surface area contributed by atoms with Crippen LogP contribution in [0.3, 0.4) is 0 Å². The van der Waals surface area contributed by atoms with Gasteiger partial charge in [0.15, 0.2) is 0 Å². The summed E-state index contributed by atoms with van der Waals surface area (Å²) in [6.45, 7) is 5.94. The van der Waals surface area contributed by atoms with Crippen LogP contribution in [0.1, 0.15) is 13.8 Å². The largest absolute Gasteiger partial charge is 0.391 e. The molecular formula is C13H20BrNOS. The van der Waals surface area contributed by atoms with Crippen LogP contribution in [0.4, 0.5) is 0 Å². The number of hydrogen-bond acceptors (Lipinski definition) is 3. The van der Waals surface area contributed by atoms with Crippen LogP contribution in [0, 0.1) is 5.92 Å². The number of aliphatic hydroxyl groups is 1. The maximum absolute atomic E-state index is 9.82. The molecule has 0 aliphatic heterocycles. The average molecular weight is 318 g/mol. The minimum atomic E-state index is -0.300. The zero-order chi connectivity index (χ0) is 12.7. The van der Waals surface area contributed by atoms with Gasteiger partial charge in [-0.1, -0.05) is 26.0 Å². The van der Waals surface area contributed by atoms with Gasteiger partial charge in [-0.15, -0.1) is 11.8 Å². The van der Waals surface area contributed by atoms with Gasteiger partial charge in [-0.05, 0) is 40.5 Å². The lowest BCUT2D eigenvalue weighted by molar-refractivity contribution is 0.194. The average Bonchev–Trinajstić information content (AvgIpc) is 2.27. The summed E-state index contributed by atoms with van der Waals surface area (Å²) in [5.41, 5.74) is 0. The Morgan fingerprint density at radius 3 is 2.65 bits per heavy atom. The quantitative estimate of drug-likeness (QED) is 0.758. The maximum atomic E-state index is 9.82. The van der Waals surface area contributed by atoms with Crippen molar-refractivity contribution in [3.63, 3.8) is 0 Å². The molecular weight excluding hydrogens is 298 g/mol. The van der Waals surface area contributed by atoms with Crippen LogP contribution in [0.15, 0.2) is 33.6 Å². The Balaban J connectivity index is 2.24. The van der Waals surface area contributed by atoms with Crippen LogP contribution in [-0.4, -0.2) is 30.1 Å². The van der Waals surface area contributed by atoms with Crippen molar-refractivity contribution in [2.45, 2.75) is 24.8 Å². The number of nitrogens with one attached hydrogen (secondary N) is 1. The number of halogens is 1. The van der Waals surface area contributed by atoms with Crippen LogP contribution in [0.2, 0.25) is 0 Å². The number of aliphatic hydroxyl groups excluding tert-OH is 1. The first kappa shape index (κ1) is 15.0. The Kier molecular flexibility index (Phi) is 7.19. The van der Waals surface area contributed by atoms with Crippen molar-refractivity contribution >= 4 is 27.7 Å². The zero-order valence-corrected chi connectivity index (χ0v) is 12.7. The Morgan fingerprint density at radius 1 is 1.29 bits per heavy atom. The SMILES string of the molecule is CC(C)CNCC(O)CSc1ccccc1Br. The molecule has 2 N–H and O–H groups in total. The summed E-state index contributed by atoms with van der Waals surface area (Å²) in [7, 11) is 0. The zero-order valence-electron chi connectivity index (χ0n) is 10.3. The fourth-order valence-corrected chi connectivity index (χ4v) is 2.84. The van der Waals surface area contributed by atoms with E-state index in [0.717, 1.165) is 11.0 Å². The van der Waals surface area contributed by atoms with Gasteiger partial charge in [-0.3, -0.25) is 0 Å². The van der Waals surface area contributed by atoms with Gasteiger partial charge in [0.1, 0.15) is 0 Å². The summed E-state index contributed by atoms with van der Waals surface area (Å²) in [6.07, 6.45) is -0.300. The molecule has 0 aliphatic rings. The first-order valence-electron chi connectivity index (χ1n) is 5.85. The van der Waals surface area contributed by atoms with E-state index >= 15 is 0 Å². The van der Waals surface area contributed by atoms with Crippen molar-refractivity contribution in [1.29, 1.82) is 0 Å². The van der Waals surface area contributed by atoms with Gasteiger partial charge in [0, 0.05) is 21.7 Å². The van der Waals surface area contributed by atoms with Crippen molar-refractivity contribution in [3.8, 4) is 0 Å². The van der Waals surface area contributed by atoms with Crippen molar-refractivity contribution < 1.29 is 5.11 Å². The van der Waals surface area contributed by atoms with Crippen LogP contribution in [0.5, 0.6) is 0 Å². The van der Waals surface area contributed by atoms with E-state index in [9.17, 15) is 5.11 Å². The molecule has 0 spiro atoms. The highest BCUT2D eigenvalue weighted by Crippen LogP contribution is 2.27. The fourth-order valence-electron chi connectivity index (χ4n) is 1.35. The molecule has 0 radical (unpaired) electrons. The summed E-state index contributed by atoms with van der Waals surface area (Å²) >= 11 is 5.18. The number of thioether (sulfide) groups is 1. The van der Waals surface area contributed by atoms with Crippen molar-refractivity contribution in [2.75, 3.05) is 18.8 Å². The lowest BCUT2D eigenvalue weighted by Gasteiger charge is -2.13. The smallest absolute Gasteiger partial charge is 0.0758 e. The van der Waals surface area contributed by atoms with Crippen LogP contribution < -0.4 is 5.32 Å². The molecule has 2 nitrogen and oxygen atoms in total. The third kappa shape index (κ3) is 6.46. The summed E-state index contributed by atoms with van der Waals surface area (Å²) in [6, 6.07) is 8.08. The van der Waals surface area contributed by atoms with Gasteiger partial charge in [0.2, 0.25) is 0 Å². The number of benzene rings is 1. The van der Waals surface area contributed by atoms with E-state index in [1.165, 1.54) is 4.90 Å². The molecule has 1 atom stereocenters. The molecule has 0 heterocycles. The molecule has 1 aromatic rings. The van der Waals surface area contributed by atoms with Gasteiger partial charge >= 0.3 is 0 Å². The second-order valence-corrected chi connectivity index (χ2v) is 6.36. The summed E-state index contributed by atoms with van der Waals surface area (Å²) in [5, 5.41) is 13.1. The van der Waals surface area contributed by atoms with Crippen molar-refractivity contribution in [3.05, 3.63) is 28.7 Å². The predicted molar refractivity (Wildman–Crippen MR) is 78.6 cm³/mol. The van der Waals surface area contributed by atoms with Crippen LogP contribution in [0.25, 0.3) is 0 Å². The topological polar surface area (TPSA) is 32.3 Å². The molecule has 0 aliphatic carbocycles. The van der Waals surface area contributed by atoms with Crippen molar-refractivity contribution in [2.24, 2.45) is 5.92 Å². The van der Waals surface area contributed by atoms with Crippen LogP contribution in [-0.2, 0) is 0 Å². The Labute approximate surface area is 116 Å². The standard InChI is InChI=1S/C13H20BrNOS/c1-10(2)7-15-8-11(16)9-17-13-6-4-3-5-12(13)14/h3-6,10-11,15-16H,7-9H2,1-2H3. The van der Waals surface area contributed by atoms with E-state index < -0.39 is 0 Å². The third-order valence-corrected chi connectivity index (χ3v) is 4.37. The Morgan fingerprint density at radius 2 is 2.00 bits per heavy atom. The van der Waals surface area contributed by atoms with Gasteiger partial charge in [-0.25, -0.2) is 0 Å². The second kappa shape index (κ2) is 8.14. The van der Waals surface area contributed by atoms with Crippen molar-refractivity contribution in [1.82, 2.24) is 5.32 Å². The van der Waals surface area contributed by atoms with E-state index in [0.29, 0.717) is 18.2 Å². The monoisotopic (exact) mass is 317 g/mol. The molecule has 0 saturated carbocycles. The highest BCUT2D eigenvalue weighted by atomic mass is 79.9. The highest BCUT2D eigenvalue weighted by molar-refractivity contribution is 9.10. The predicted octanol–water partition coefficient (Wildman–Crippen LogP) is 3.15. The molecule has 0 saturated heterocycles. The van der Waals surface area contributed by atoms with Crippen LogP contribution >= 0.6 is 27.7 Å². The molecule has 17 heavy (non-hydrogen) atoms. The van der Waals surface area contributed by atoms with Gasteiger partial charge in [-0.2, -0.15) is 0 Å². The molecule has 0 aromatic heterocycles. The van der Waals surface area contributed by atoms with E-state index in [1.807, 2.05) is 18.2 Å². The highest BCUT2D eigenvalue weighted by Gasteiger charge is 2.06. The minimum Gasteiger partial charge on any atom is -0.391 e. The Bertz CT molecular complexity index is 333. The normalized spacial score (nSPS) is 13.0. The second-order valence-electron chi connectivity index (χ2n) is 4.45. The first-order chi connectivity index (χ1) is 8.09. The molecule has 0 amide bonds. The van der Waals surface area contributed by atoms with E-state index in [2.05, 4.69) is 41.2 Å². The van der Waals surface area contributed by atoms with E-state index in [1.54, 1.807) is 11.8 Å². The molecule has 1 aromatic carbocycles. The summed E-state index contributed by atoms with van der Waals surface area (Å²) in [5.74, 6) is 1.34. The number of hydrogen-bond donors (Lipinski definition) is 2. The fraction of sp³-hybridized carbons (Fsp3) is 0.538. The maximum Gasteiger partial charge on any atom is 0.0758 e. The van der Waals surface area contributed by atoms with Gasteiger partial charge in [0.05, 0.1) is 6.10 Å². The Hall–Kier alpha value is -0.0300. The van der Waals surface area contributed by atoms with E-state index in [-0.39, 0.29) is 6.10 Å². The molecule has 0 fully saturated rings. The molecule has 0 bridgehead atoms. The third-order valence-electron chi connectivity index (χ3n) is 2.20. The molecule has 1 rings (SSSR count). The van der Waals surface area contributed by atoms with Gasteiger partial charge in [0.25, 0.3) is 0 Å².